The first-order chi connectivity index (χ1) is 8.29. The minimum atomic E-state index is -0.0557. The Labute approximate surface area is 103 Å². The third kappa shape index (κ3) is 4.81. The topological polar surface area (TPSA) is 57.4 Å². The van der Waals surface area contributed by atoms with E-state index < -0.39 is 0 Å². The van der Waals surface area contributed by atoms with Gasteiger partial charge in [-0.25, -0.2) is 0 Å². The van der Waals surface area contributed by atoms with Gasteiger partial charge in [-0.1, -0.05) is 6.92 Å². The standard InChI is InChI=1S/C13H22N2O2/c1-3-12(14)13(17-10-4-9-16-2)11-5-7-15-8-6-11/h5-8,12-13H,3-4,9-10,14H2,1-2H3. The number of pyridine rings is 1. The summed E-state index contributed by atoms with van der Waals surface area (Å²) in [5.41, 5.74) is 7.18. The SMILES string of the molecule is CCC(N)C(OCCCOC)c1ccncc1. The summed E-state index contributed by atoms with van der Waals surface area (Å²) in [4.78, 5) is 4.01. The van der Waals surface area contributed by atoms with Gasteiger partial charge in [0.2, 0.25) is 0 Å². The molecule has 96 valence electrons. The molecule has 4 heteroatoms. The van der Waals surface area contributed by atoms with Crippen LogP contribution in [-0.2, 0) is 9.47 Å². The van der Waals surface area contributed by atoms with Crippen molar-refractivity contribution in [3.63, 3.8) is 0 Å². The van der Waals surface area contributed by atoms with Crippen LogP contribution in [0.5, 0.6) is 0 Å². The second kappa shape index (κ2) is 8.17. The van der Waals surface area contributed by atoms with Crippen LogP contribution in [0.3, 0.4) is 0 Å². The van der Waals surface area contributed by atoms with E-state index in [2.05, 4.69) is 11.9 Å². The first-order valence-corrected chi connectivity index (χ1v) is 6.05. The van der Waals surface area contributed by atoms with Gasteiger partial charge in [-0.05, 0) is 30.5 Å². The predicted octanol–water partition coefficient (Wildman–Crippen LogP) is 1.91. The van der Waals surface area contributed by atoms with Crippen molar-refractivity contribution in [2.45, 2.75) is 31.9 Å². The van der Waals surface area contributed by atoms with Crippen LogP contribution in [0.15, 0.2) is 24.5 Å². The van der Waals surface area contributed by atoms with E-state index >= 15 is 0 Å². The van der Waals surface area contributed by atoms with Gasteiger partial charge < -0.3 is 15.2 Å². The molecule has 0 fully saturated rings. The number of aromatic nitrogens is 1. The number of nitrogens with two attached hydrogens (primary N) is 1. The number of nitrogens with zero attached hydrogens (tertiary/aromatic N) is 1. The van der Waals surface area contributed by atoms with Gasteiger partial charge in [0.25, 0.3) is 0 Å². The van der Waals surface area contributed by atoms with Crippen LogP contribution in [0, 0.1) is 0 Å². The second-order valence-corrected chi connectivity index (χ2v) is 3.99. The van der Waals surface area contributed by atoms with Crippen molar-refractivity contribution in [1.82, 2.24) is 4.98 Å². The van der Waals surface area contributed by atoms with Crippen LogP contribution in [0.1, 0.15) is 31.4 Å². The summed E-state index contributed by atoms with van der Waals surface area (Å²) in [6.07, 6.45) is 5.25. The fourth-order valence-corrected chi connectivity index (χ4v) is 1.65. The van der Waals surface area contributed by atoms with Gasteiger partial charge in [-0.15, -0.1) is 0 Å². The van der Waals surface area contributed by atoms with Crippen molar-refractivity contribution in [1.29, 1.82) is 0 Å². The molecule has 1 aromatic heterocycles. The molecule has 2 N–H and O–H groups in total. The molecule has 0 amide bonds. The lowest BCUT2D eigenvalue weighted by atomic mass is 10.0. The fraction of sp³-hybridized carbons (Fsp3) is 0.615. The minimum Gasteiger partial charge on any atom is -0.385 e. The molecule has 0 aliphatic carbocycles. The first-order valence-electron chi connectivity index (χ1n) is 6.05. The zero-order chi connectivity index (χ0) is 12.5. The summed E-state index contributed by atoms with van der Waals surface area (Å²) < 4.78 is 10.8. The Hall–Kier alpha value is -0.970. The van der Waals surface area contributed by atoms with Crippen LogP contribution in [-0.4, -0.2) is 31.3 Å². The summed E-state index contributed by atoms with van der Waals surface area (Å²) in [6, 6.07) is 3.92. The largest absolute Gasteiger partial charge is 0.385 e. The zero-order valence-corrected chi connectivity index (χ0v) is 10.6. The van der Waals surface area contributed by atoms with Crippen LogP contribution >= 0.6 is 0 Å². The molecule has 4 nitrogen and oxygen atoms in total. The van der Waals surface area contributed by atoms with E-state index in [9.17, 15) is 0 Å². The van der Waals surface area contributed by atoms with E-state index in [0.29, 0.717) is 13.2 Å². The summed E-state index contributed by atoms with van der Waals surface area (Å²) in [6.45, 7) is 3.44. The lowest BCUT2D eigenvalue weighted by molar-refractivity contribution is 0.0222. The maximum Gasteiger partial charge on any atom is 0.0976 e. The molecule has 0 aliphatic heterocycles. The van der Waals surface area contributed by atoms with Gasteiger partial charge >= 0.3 is 0 Å². The molecule has 2 atom stereocenters. The lowest BCUT2D eigenvalue weighted by Crippen LogP contribution is -2.30. The third-order valence-electron chi connectivity index (χ3n) is 2.69. The minimum absolute atomic E-state index is 0.0138. The molecule has 0 radical (unpaired) electrons. The Kier molecular flexibility index (Phi) is 6.77. The van der Waals surface area contributed by atoms with Gasteiger partial charge in [0.15, 0.2) is 0 Å². The smallest absolute Gasteiger partial charge is 0.0976 e. The molecular weight excluding hydrogens is 216 g/mol. The Balaban J connectivity index is 2.55. The summed E-state index contributed by atoms with van der Waals surface area (Å²) in [7, 11) is 1.69. The Morgan fingerprint density at radius 1 is 1.29 bits per heavy atom. The Morgan fingerprint density at radius 3 is 2.59 bits per heavy atom. The average Bonchev–Trinajstić information content (AvgIpc) is 2.39. The molecule has 17 heavy (non-hydrogen) atoms. The molecular formula is C13H22N2O2. The van der Waals surface area contributed by atoms with Gasteiger partial charge in [-0.2, -0.15) is 0 Å². The molecule has 0 saturated carbocycles. The van der Waals surface area contributed by atoms with E-state index in [-0.39, 0.29) is 12.1 Å². The molecule has 0 aliphatic rings. The Bertz CT molecular complexity index is 293. The molecule has 1 aromatic rings. The Morgan fingerprint density at radius 2 is 2.00 bits per heavy atom. The molecule has 0 saturated heterocycles. The monoisotopic (exact) mass is 238 g/mol. The number of hydrogen-bond acceptors (Lipinski definition) is 4. The highest BCUT2D eigenvalue weighted by atomic mass is 16.5. The van der Waals surface area contributed by atoms with E-state index in [1.54, 1.807) is 19.5 Å². The lowest BCUT2D eigenvalue weighted by Gasteiger charge is -2.23. The van der Waals surface area contributed by atoms with E-state index in [0.717, 1.165) is 18.4 Å². The van der Waals surface area contributed by atoms with Gasteiger partial charge in [0.05, 0.1) is 6.10 Å². The van der Waals surface area contributed by atoms with E-state index in [4.69, 9.17) is 15.2 Å². The van der Waals surface area contributed by atoms with Crippen LogP contribution < -0.4 is 5.73 Å². The van der Waals surface area contributed by atoms with Crippen LogP contribution in [0.2, 0.25) is 0 Å². The average molecular weight is 238 g/mol. The van der Waals surface area contributed by atoms with Gasteiger partial charge in [0.1, 0.15) is 0 Å². The molecule has 2 unspecified atom stereocenters. The van der Waals surface area contributed by atoms with Crippen molar-refractivity contribution < 1.29 is 9.47 Å². The van der Waals surface area contributed by atoms with Crippen molar-refractivity contribution in [2.75, 3.05) is 20.3 Å². The maximum atomic E-state index is 6.09. The summed E-state index contributed by atoms with van der Waals surface area (Å²) in [5.74, 6) is 0. The third-order valence-corrected chi connectivity index (χ3v) is 2.69. The fourth-order valence-electron chi connectivity index (χ4n) is 1.65. The molecule has 1 rings (SSSR count). The van der Waals surface area contributed by atoms with Crippen molar-refractivity contribution in [3.05, 3.63) is 30.1 Å². The number of rotatable bonds is 8. The maximum absolute atomic E-state index is 6.09. The highest BCUT2D eigenvalue weighted by Gasteiger charge is 2.18. The summed E-state index contributed by atoms with van der Waals surface area (Å²) in [5, 5.41) is 0. The second-order valence-electron chi connectivity index (χ2n) is 3.99. The van der Waals surface area contributed by atoms with Crippen molar-refractivity contribution in [3.8, 4) is 0 Å². The molecule has 0 spiro atoms. The predicted molar refractivity (Wildman–Crippen MR) is 67.7 cm³/mol. The van der Waals surface area contributed by atoms with Gasteiger partial charge in [-0.3, -0.25) is 4.98 Å². The molecule has 1 heterocycles. The highest BCUT2D eigenvalue weighted by molar-refractivity contribution is 5.15. The van der Waals surface area contributed by atoms with Crippen LogP contribution in [0.25, 0.3) is 0 Å². The summed E-state index contributed by atoms with van der Waals surface area (Å²) >= 11 is 0. The molecule has 0 aromatic carbocycles. The number of methoxy groups -OCH3 is 1. The number of ether oxygens (including phenoxy) is 2. The van der Waals surface area contributed by atoms with Crippen LogP contribution in [0.4, 0.5) is 0 Å². The first kappa shape index (κ1) is 14.1. The normalized spacial score (nSPS) is 14.5. The molecule has 0 bridgehead atoms. The van der Waals surface area contributed by atoms with E-state index in [1.165, 1.54) is 0 Å². The number of hydrogen-bond donors (Lipinski definition) is 1. The van der Waals surface area contributed by atoms with Crippen molar-refractivity contribution in [2.24, 2.45) is 5.73 Å². The van der Waals surface area contributed by atoms with E-state index in [1.807, 2.05) is 12.1 Å². The zero-order valence-electron chi connectivity index (χ0n) is 10.6. The van der Waals surface area contributed by atoms with Crippen molar-refractivity contribution >= 4 is 0 Å². The van der Waals surface area contributed by atoms with Gasteiger partial charge in [0, 0.05) is 38.8 Å². The highest BCUT2D eigenvalue weighted by Crippen LogP contribution is 2.21. The quantitative estimate of drug-likeness (QED) is 0.703.